The summed E-state index contributed by atoms with van der Waals surface area (Å²) in [6, 6.07) is 0. The molecule has 1 atom stereocenters. The van der Waals surface area contributed by atoms with Crippen LogP contribution in [0.1, 0.15) is 90.7 Å². The van der Waals surface area contributed by atoms with Crippen molar-refractivity contribution < 1.29 is 13.2 Å². The van der Waals surface area contributed by atoms with E-state index in [4.69, 9.17) is 11.6 Å². The highest BCUT2D eigenvalue weighted by Gasteiger charge is 2.33. The summed E-state index contributed by atoms with van der Waals surface area (Å²) in [4.78, 5) is 0. The van der Waals surface area contributed by atoms with Crippen LogP contribution in [0.2, 0.25) is 5.15 Å². The molecule has 0 amide bonds. The number of hydrogen-bond donors (Lipinski definition) is 0. The topological polar surface area (TPSA) is 17.8 Å². The number of alkyl halides is 2. The zero-order valence-corrected chi connectivity index (χ0v) is 15.1. The van der Waals surface area contributed by atoms with Crippen molar-refractivity contribution >= 4 is 11.6 Å². The molecule has 2 nitrogen and oxygen atoms in total. The molecular formula is C17H28ClF3N2. The third kappa shape index (κ3) is 5.40. The summed E-state index contributed by atoms with van der Waals surface area (Å²) in [5.41, 5.74) is -1.36. The fourth-order valence-electron chi connectivity index (χ4n) is 2.90. The van der Waals surface area contributed by atoms with E-state index in [1.165, 1.54) is 17.5 Å². The van der Waals surface area contributed by atoms with Crippen LogP contribution in [-0.2, 0) is 5.54 Å². The lowest BCUT2D eigenvalue weighted by molar-refractivity contribution is 0.137. The maximum Gasteiger partial charge on any atom is 0.285 e. The standard InChI is InChI=1S/C17H28ClF3N2/c1-4-6-8-9-10-12-17(3,11-7-5-2)23-15(18)13(19)14(22-23)16(20)21/h16H,4-12H2,1-3H3. The van der Waals surface area contributed by atoms with Crippen LogP contribution in [0.4, 0.5) is 13.2 Å². The third-order valence-corrected chi connectivity index (χ3v) is 4.73. The van der Waals surface area contributed by atoms with Crippen LogP contribution in [0.3, 0.4) is 0 Å². The highest BCUT2D eigenvalue weighted by atomic mass is 35.5. The Morgan fingerprint density at radius 2 is 1.61 bits per heavy atom. The lowest BCUT2D eigenvalue weighted by Crippen LogP contribution is -2.31. The Bertz CT molecular complexity index is 477. The Morgan fingerprint density at radius 3 is 2.13 bits per heavy atom. The second-order valence-corrected chi connectivity index (χ2v) is 6.83. The molecule has 0 saturated heterocycles. The molecule has 0 aliphatic heterocycles. The highest BCUT2D eigenvalue weighted by molar-refractivity contribution is 6.29. The molecule has 1 heterocycles. The van der Waals surface area contributed by atoms with Gasteiger partial charge in [-0.1, -0.05) is 70.4 Å². The summed E-state index contributed by atoms with van der Waals surface area (Å²) >= 11 is 5.98. The first kappa shape index (κ1) is 20.3. The zero-order chi connectivity index (χ0) is 17.5. The van der Waals surface area contributed by atoms with Crippen LogP contribution in [-0.4, -0.2) is 9.78 Å². The Morgan fingerprint density at radius 1 is 1.04 bits per heavy atom. The Balaban J connectivity index is 2.93. The molecule has 0 saturated carbocycles. The van der Waals surface area contributed by atoms with E-state index < -0.39 is 23.5 Å². The molecule has 1 unspecified atom stereocenters. The summed E-state index contributed by atoms with van der Waals surface area (Å²) in [6.45, 7) is 6.16. The molecule has 0 radical (unpaired) electrons. The monoisotopic (exact) mass is 352 g/mol. The Hall–Kier alpha value is -0.710. The summed E-state index contributed by atoms with van der Waals surface area (Å²) < 4.78 is 41.0. The number of aromatic nitrogens is 2. The number of unbranched alkanes of at least 4 members (excludes halogenated alkanes) is 5. The van der Waals surface area contributed by atoms with Gasteiger partial charge in [-0.05, 0) is 19.8 Å². The minimum absolute atomic E-state index is 0.299. The minimum Gasteiger partial charge on any atom is -0.245 e. The van der Waals surface area contributed by atoms with Gasteiger partial charge in [-0.15, -0.1) is 0 Å². The predicted octanol–water partition coefficient (Wildman–Crippen LogP) is 6.88. The second kappa shape index (κ2) is 9.55. The first-order valence-corrected chi connectivity index (χ1v) is 8.97. The fraction of sp³-hybridized carbons (Fsp3) is 0.824. The fourth-order valence-corrected chi connectivity index (χ4v) is 3.23. The predicted molar refractivity (Wildman–Crippen MR) is 88.7 cm³/mol. The quantitative estimate of drug-likeness (QED) is 0.397. The van der Waals surface area contributed by atoms with Gasteiger partial charge in [0.1, 0.15) is 0 Å². The molecule has 0 fully saturated rings. The number of rotatable bonds is 11. The molecular weight excluding hydrogens is 325 g/mol. The molecule has 0 aromatic carbocycles. The lowest BCUT2D eigenvalue weighted by Gasteiger charge is -2.31. The molecule has 6 heteroatoms. The minimum atomic E-state index is -2.95. The van der Waals surface area contributed by atoms with Gasteiger partial charge in [0, 0.05) is 0 Å². The van der Waals surface area contributed by atoms with Crippen molar-refractivity contribution in [1.82, 2.24) is 9.78 Å². The maximum absolute atomic E-state index is 13.9. The SMILES string of the molecule is CCCCCCCC(C)(CCCC)n1nc(C(F)F)c(F)c1Cl. The van der Waals surface area contributed by atoms with Gasteiger partial charge in [0.2, 0.25) is 0 Å². The lowest BCUT2D eigenvalue weighted by atomic mass is 9.88. The van der Waals surface area contributed by atoms with Gasteiger partial charge in [-0.25, -0.2) is 17.9 Å². The van der Waals surface area contributed by atoms with E-state index in [2.05, 4.69) is 18.9 Å². The van der Waals surface area contributed by atoms with Gasteiger partial charge in [0.25, 0.3) is 6.43 Å². The van der Waals surface area contributed by atoms with Crippen LogP contribution < -0.4 is 0 Å². The summed E-state index contributed by atoms with van der Waals surface area (Å²) in [5, 5.41) is 3.51. The van der Waals surface area contributed by atoms with E-state index in [1.807, 2.05) is 6.92 Å². The summed E-state index contributed by atoms with van der Waals surface area (Å²) in [6.07, 6.45) is 6.03. The van der Waals surface area contributed by atoms with Crippen molar-refractivity contribution in [3.63, 3.8) is 0 Å². The van der Waals surface area contributed by atoms with Crippen LogP contribution in [0, 0.1) is 5.82 Å². The average molecular weight is 353 g/mol. The van der Waals surface area contributed by atoms with Gasteiger partial charge in [0.15, 0.2) is 16.7 Å². The van der Waals surface area contributed by atoms with Gasteiger partial charge >= 0.3 is 0 Å². The number of halogens is 4. The molecule has 0 spiro atoms. The van der Waals surface area contributed by atoms with Crippen molar-refractivity contribution in [2.24, 2.45) is 0 Å². The normalized spacial score (nSPS) is 14.4. The van der Waals surface area contributed by atoms with Crippen molar-refractivity contribution in [3.05, 3.63) is 16.7 Å². The molecule has 134 valence electrons. The van der Waals surface area contributed by atoms with E-state index in [1.54, 1.807) is 0 Å². The van der Waals surface area contributed by atoms with Crippen LogP contribution >= 0.6 is 11.6 Å². The molecule has 0 N–H and O–H groups in total. The van der Waals surface area contributed by atoms with Crippen LogP contribution in [0.15, 0.2) is 0 Å². The van der Waals surface area contributed by atoms with Gasteiger partial charge < -0.3 is 0 Å². The molecule has 1 aromatic heterocycles. The summed E-state index contributed by atoms with van der Waals surface area (Å²) in [5.74, 6) is -1.09. The van der Waals surface area contributed by atoms with E-state index in [0.29, 0.717) is 0 Å². The molecule has 0 bridgehead atoms. The van der Waals surface area contributed by atoms with Gasteiger partial charge in [-0.2, -0.15) is 5.10 Å². The van der Waals surface area contributed by atoms with Crippen molar-refractivity contribution in [2.75, 3.05) is 0 Å². The number of nitrogens with zero attached hydrogens (tertiary/aromatic N) is 2. The van der Waals surface area contributed by atoms with Crippen LogP contribution in [0.5, 0.6) is 0 Å². The molecule has 0 aliphatic rings. The second-order valence-electron chi connectivity index (χ2n) is 6.47. The van der Waals surface area contributed by atoms with Gasteiger partial charge in [0.05, 0.1) is 5.54 Å². The van der Waals surface area contributed by atoms with E-state index in [-0.39, 0.29) is 5.15 Å². The van der Waals surface area contributed by atoms with Gasteiger partial charge in [-0.3, -0.25) is 0 Å². The molecule has 23 heavy (non-hydrogen) atoms. The largest absolute Gasteiger partial charge is 0.285 e. The first-order chi connectivity index (χ1) is 10.9. The third-order valence-electron chi connectivity index (χ3n) is 4.41. The zero-order valence-electron chi connectivity index (χ0n) is 14.3. The van der Waals surface area contributed by atoms with E-state index in [9.17, 15) is 13.2 Å². The number of hydrogen-bond acceptors (Lipinski definition) is 1. The van der Waals surface area contributed by atoms with Crippen molar-refractivity contribution in [1.29, 1.82) is 0 Å². The first-order valence-electron chi connectivity index (χ1n) is 8.60. The Kier molecular flexibility index (Phi) is 8.45. The molecule has 1 rings (SSSR count). The van der Waals surface area contributed by atoms with Crippen molar-refractivity contribution in [2.45, 2.75) is 90.5 Å². The maximum atomic E-state index is 13.9. The highest BCUT2D eigenvalue weighted by Crippen LogP contribution is 2.36. The molecule has 1 aromatic rings. The van der Waals surface area contributed by atoms with E-state index >= 15 is 0 Å². The smallest absolute Gasteiger partial charge is 0.245 e. The summed E-state index contributed by atoms with van der Waals surface area (Å²) in [7, 11) is 0. The average Bonchev–Trinajstić information content (AvgIpc) is 2.82. The Labute approximate surface area is 142 Å². The molecule has 0 aliphatic carbocycles. The van der Waals surface area contributed by atoms with Crippen molar-refractivity contribution in [3.8, 4) is 0 Å². The van der Waals surface area contributed by atoms with E-state index in [0.717, 1.165) is 44.9 Å². The van der Waals surface area contributed by atoms with Crippen LogP contribution in [0.25, 0.3) is 0 Å².